The lowest BCUT2D eigenvalue weighted by molar-refractivity contribution is -0.137. The average Bonchev–Trinajstić information content (AvgIpc) is 2.99. The molecule has 0 radical (unpaired) electrons. The van der Waals surface area contributed by atoms with Gasteiger partial charge in [0.15, 0.2) is 0 Å². The van der Waals surface area contributed by atoms with Gasteiger partial charge in [-0.1, -0.05) is 49.6 Å². The number of carbonyl (C=O) groups is 1. The summed E-state index contributed by atoms with van der Waals surface area (Å²) in [4.78, 5) is 10.5. The van der Waals surface area contributed by atoms with E-state index in [2.05, 4.69) is 53.9 Å². The maximum atomic E-state index is 10.5. The molecule has 2 nitrogen and oxygen atoms in total. The number of thioether (sulfide) groups is 2. The molecular weight excluding hydrogens is 324 g/mol. The van der Waals surface area contributed by atoms with Gasteiger partial charge in [0.05, 0.1) is 0 Å². The van der Waals surface area contributed by atoms with E-state index in [4.69, 9.17) is 5.11 Å². The smallest absolute Gasteiger partial charge is 0.303 e. The van der Waals surface area contributed by atoms with Crippen LogP contribution in [-0.2, 0) is 10.5 Å². The minimum atomic E-state index is -0.660. The zero-order valence-corrected chi connectivity index (χ0v) is 15.4. The third-order valence-electron chi connectivity index (χ3n) is 4.49. The molecule has 0 aliphatic carbocycles. The first-order valence-electron chi connectivity index (χ1n) is 8.67. The number of rotatable bonds is 11. The van der Waals surface area contributed by atoms with Gasteiger partial charge >= 0.3 is 5.97 Å². The zero-order chi connectivity index (χ0) is 16.3. The molecule has 0 amide bonds. The fourth-order valence-electron chi connectivity index (χ4n) is 3.08. The Balaban J connectivity index is 1.56. The molecule has 23 heavy (non-hydrogen) atoms. The van der Waals surface area contributed by atoms with E-state index >= 15 is 0 Å². The number of benzene rings is 1. The van der Waals surface area contributed by atoms with Crippen LogP contribution in [0.1, 0.15) is 44.1 Å². The summed E-state index contributed by atoms with van der Waals surface area (Å²) in [5.41, 5.74) is 1.43. The van der Waals surface area contributed by atoms with Crippen LogP contribution in [0, 0.1) is 11.8 Å². The molecule has 1 aliphatic rings. The number of carboxylic acids is 1. The van der Waals surface area contributed by atoms with Gasteiger partial charge in [-0.25, -0.2) is 0 Å². The van der Waals surface area contributed by atoms with Gasteiger partial charge in [0.1, 0.15) is 0 Å². The van der Waals surface area contributed by atoms with Crippen LogP contribution in [-0.4, -0.2) is 28.3 Å². The van der Waals surface area contributed by atoms with E-state index < -0.39 is 5.97 Å². The first-order valence-corrected chi connectivity index (χ1v) is 11.0. The van der Waals surface area contributed by atoms with Crippen molar-refractivity contribution >= 4 is 29.5 Å². The SMILES string of the molecule is O=C(O)CCCCCCC1CSCC1CSCc1ccccc1. The molecular formula is C19H28O2S2. The Hall–Kier alpha value is -0.610. The van der Waals surface area contributed by atoms with Crippen molar-refractivity contribution in [2.45, 2.75) is 44.3 Å². The molecule has 1 heterocycles. The topological polar surface area (TPSA) is 37.3 Å². The Morgan fingerprint density at radius 2 is 1.83 bits per heavy atom. The molecule has 1 aromatic rings. The van der Waals surface area contributed by atoms with E-state index in [1.165, 1.54) is 42.1 Å². The van der Waals surface area contributed by atoms with Gasteiger partial charge in [0.25, 0.3) is 0 Å². The highest BCUT2D eigenvalue weighted by Gasteiger charge is 2.26. The number of carboxylic acid groups (broad SMARTS) is 1. The Kier molecular flexibility index (Phi) is 8.98. The van der Waals surface area contributed by atoms with Gasteiger partial charge in [0, 0.05) is 12.2 Å². The summed E-state index contributed by atoms with van der Waals surface area (Å²) < 4.78 is 0. The van der Waals surface area contributed by atoms with Crippen molar-refractivity contribution < 1.29 is 9.90 Å². The van der Waals surface area contributed by atoms with E-state index in [9.17, 15) is 4.79 Å². The van der Waals surface area contributed by atoms with Gasteiger partial charge in [-0.05, 0) is 47.5 Å². The van der Waals surface area contributed by atoms with Crippen LogP contribution in [0.3, 0.4) is 0 Å². The Bertz CT molecular complexity index is 450. The lowest BCUT2D eigenvalue weighted by atomic mass is 9.92. The fraction of sp³-hybridized carbons (Fsp3) is 0.632. The van der Waals surface area contributed by atoms with Crippen molar-refractivity contribution in [2.75, 3.05) is 17.3 Å². The van der Waals surface area contributed by atoms with E-state index in [0.29, 0.717) is 6.42 Å². The number of unbranched alkanes of at least 4 members (excludes halogenated alkanes) is 3. The molecule has 2 atom stereocenters. The molecule has 1 fully saturated rings. The highest BCUT2D eigenvalue weighted by Crippen LogP contribution is 2.36. The Morgan fingerprint density at radius 3 is 2.61 bits per heavy atom. The van der Waals surface area contributed by atoms with E-state index in [-0.39, 0.29) is 0 Å². The predicted molar refractivity (Wildman–Crippen MR) is 102 cm³/mol. The van der Waals surface area contributed by atoms with Crippen molar-refractivity contribution in [1.29, 1.82) is 0 Å². The maximum Gasteiger partial charge on any atom is 0.303 e. The zero-order valence-electron chi connectivity index (χ0n) is 13.8. The average molecular weight is 353 g/mol. The second-order valence-electron chi connectivity index (χ2n) is 6.40. The minimum Gasteiger partial charge on any atom is -0.481 e. The predicted octanol–water partition coefficient (Wildman–Crippen LogP) is 5.32. The van der Waals surface area contributed by atoms with Crippen LogP contribution in [0.5, 0.6) is 0 Å². The van der Waals surface area contributed by atoms with E-state index in [1.54, 1.807) is 0 Å². The van der Waals surface area contributed by atoms with Crippen LogP contribution in [0.2, 0.25) is 0 Å². The van der Waals surface area contributed by atoms with Gasteiger partial charge < -0.3 is 5.11 Å². The number of hydrogen-bond acceptors (Lipinski definition) is 3. The summed E-state index contributed by atoms with van der Waals surface area (Å²) in [7, 11) is 0. The summed E-state index contributed by atoms with van der Waals surface area (Å²) in [6.45, 7) is 0. The largest absolute Gasteiger partial charge is 0.481 e. The van der Waals surface area contributed by atoms with E-state index in [1.807, 2.05) is 0 Å². The van der Waals surface area contributed by atoms with Crippen molar-refractivity contribution in [1.82, 2.24) is 0 Å². The molecule has 0 aromatic heterocycles. The first-order chi connectivity index (χ1) is 11.3. The molecule has 2 unspecified atom stereocenters. The molecule has 4 heteroatoms. The monoisotopic (exact) mass is 352 g/mol. The van der Waals surface area contributed by atoms with Crippen molar-refractivity contribution in [3.8, 4) is 0 Å². The third kappa shape index (κ3) is 7.67. The van der Waals surface area contributed by atoms with Crippen molar-refractivity contribution in [3.63, 3.8) is 0 Å². The third-order valence-corrected chi connectivity index (χ3v) is 7.02. The summed E-state index contributed by atoms with van der Waals surface area (Å²) in [6.07, 6.45) is 6.03. The second kappa shape index (κ2) is 11.0. The van der Waals surface area contributed by atoms with E-state index in [0.717, 1.165) is 30.4 Å². The molecule has 0 spiro atoms. The molecule has 0 bridgehead atoms. The maximum absolute atomic E-state index is 10.5. The minimum absolute atomic E-state index is 0.331. The Labute approximate surface area is 148 Å². The summed E-state index contributed by atoms with van der Waals surface area (Å²) in [5, 5.41) is 8.64. The molecule has 1 aliphatic heterocycles. The molecule has 128 valence electrons. The lowest BCUT2D eigenvalue weighted by Crippen LogP contribution is -2.15. The van der Waals surface area contributed by atoms with Crippen LogP contribution in [0.15, 0.2) is 30.3 Å². The van der Waals surface area contributed by atoms with Crippen LogP contribution >= 0.6 is 23.5 Å². The van der Waals surface area contributed by atoms with Crippen molar-refractivity contribution in [2.24, 2.45) is 11.8 Å². The molecule has 0 saturated carbocycles. The lowest BCUT2D eigenvalue weighted by Gasteiger charge is -2.18. The first kappa shape index (κ1) is 18.7. The highest BCUT2D eigenvalue weighted by molar-refractivity contribution is 8.00. The molecule has 1 saturated heterocycles. The fourth-order valence-corrected chi connectivity index (χ4v) is 6.04. The summed E-state index contributed by atoms with van der Waals surface area (Å²) >= 11 is 4.20. The van der Waals surface area contributed by atoms with Crippen molar-refractivity contribution in [3.05, 3.63) is 35.9 Å². The van der Waals surface area contributed by atoms with Crippen LogP contribution in [0.4, 0.5) is 0 Å². The number of aliphatic carboxylic acids is 1. The molecule has 1 N–H and O–H groups in total. The van der Waals surface area contributed by atoms with Crippen LogP contribution < -0.4 is 0 Å². The van der Waals surface area contributed by atoms with Gasteiger partial charge in [-0.3, -0.25) is 4.79 Å². The molecule has 2 rings (SSSR count). The molecule has 1 aromatic carbocycles. The van der Waals surface area contributed by atoms with Gasteiger partial charge in [-0.15, -0.1) is 0 Å². The van der Waals surface area contributed by atoms with Gasteiger partial charge in [-0.2, -0.15) is 23.5 Å². The normalized spacial score (nSPS) is 20.7. The second-order valence-corrected chi connectivity index (χ2v) is 8.51. The van der Waals surface area contributed by atoms with Gasteiger partial charge in [0.2, 0.25) is 0 Å². The standard InChI is InChI=1S/C19H28O2S2/c20-19(21)11-7-2-1-6-10-17-13-23-15-18(17)14-22-12-16-8-4-3-5-9-16/h3-5,8-9,17-18H,1-2,6-7,10-15H2,(H,20,21). The quantitative estimate of drug-likeness (QED) is 0.547. The Morgan fingerprint density at radius 1 is 1.09 bits per heavy atom. The van der Waals surface area contributed by atoms with Crippen LogP contribution in [0.25, 0.3) is 0 Å². The number of hydrogen-bond donors (Lipinski definition) is 1. The highest BCUT2D eigenvalue weighted by atomic mass is 32.2. The summed E-state index contributed by atoms with van der Waals surface area (Å²) in [6, 6.07) is 10.7. The summed E-state index contributed by atoms with van der Waals surface area (Å²) in [5.74, 6) is 6.15.